The molecule has 6 saturated heterocycles. The van der Waals surface area contributed by atoms with Gasteiger partial charge in [-0.15, -0.1) is 0 Å². The molecule has 2 N–H and O–H groups in total. The molecule has 0 amide bonds. The van der Waals surface area contributed by atoms with Crippen LogP contribution < -0.4 is 0 Å². The molecule has 0 aromatic carbocycles. The van der Waals surface area contributed by atoms with Crippen LogP contribution in [0.1, 0.15) is 66.8 Å². The van der Waals surface area contributed by atoms with Crippen LogP contribution in [0.3, 0.4) is 0 Å². The van der Waals surface area contributed by atoms with Gasteiger partial charge in [0.25, 0.3) is 0 Å². The van der Waals surface area contributed by atoms with Gasteiger partial charge < -0.3 is 57.6 Å². The Morgan fingerprint density at radius 2 is 0.960 bits per heavy atom. The van der Waals surface area contributed by atoms with Crippen molar-refractivity contribution in [3.05, 3.63) is 47.8 Å². The van der Waals surface area contributed by atoms with Crippen LogP contribution in [0.25, 0.3) is 11.4 Å². The van der Waals surface area contributed by atoms with Crippen molar-refractivity contribution in [3.63, 3.8) is 0 Å². The quantitative estimate of drug-likeness (QED) is 0.469. The summed E-state index contributed by atoms with van der Waals surface area (Å²) < 4.78 is 61.8. The number of hydrogen-bond donors (Lipinski definition) is 2. The van der Waals surface area contributed by atoms with E-state index in [0.29, 0.717) is 22.8 Å². The number of fused-ring (bicyclic) bond motifs is 2. The third kappa shape index (κ3) is 5.63. The van der Waals surface area contributed by atoms with E-state index in [2.05, 4.69) is 0 Å². The van der Waals surface area contributed by atoms with Gasteiger partial charge in [-0.25, -0.2) is 0 Å². The van der Waals surface area contributed by atoms with Crippen LogP contribution in [-0.4, -0.2) is 117 Å². The second-order valence-electron chi connectivity index (χ2n) is 16.1. The molecule has 8 heterocycles. The molecule has 2 spiro atoms. The molecule has 0 aliphatic carbocycles. The Balaban J connectivity index is 1.10. The Bertz CT molecular complexity index is 1530. The van der Waals surface area contributed by atoms with Gasteiger partial charge in [0.1, 0.15) is 37.6 Å². The summed E-state index contributed by atoms with van der Waals surface area (Å²) in [6.07, 6.45) is -2.56. The zero-order valence-corrected chi connectivity index (χ0v) is 29.9. The van der Waals surface area contributed by atoms with Crippen molar-refractivity contribution in [2.45, 2.75) is 139 Å². The maximum atomic E-state index is 12.6. The highest BCUT2D eigenvalue weighted by atomic mass is 16.9. The van der Waals surface area contributed by atoms with Gasteiger partial charge in [-0.05, 0) is 79.7 Å². The van der Waals surface area contributed by atoms with E-state index in [1.54, 1.807) is 27.7 Å². The summed E-state index contributed by atoms with van der Waals surface area (Å²) in [7, 11) is 0. The molecule has 8 atom stereocenters. The topological polar surface area (TPSA) is 159 Å². The van der Waals surface area contributed by atoms with Crippen LogP contribution in [0.5, 0.6) is 0 Å². The Kier molecular flexibility index (Phi) is 7.79. The number of rotatable bonds is 5. The summed E-state index contributed by atoms with van der Waals surface area (Å²) in [6, 6.07) is 11.1. The third-order valence-electron chi connectivity index (χ3n) is 10.4. The predicted molar refractivity (Wildman–Crippen MR) is 172 cm³/mol. The van der Waals surface area contributed by atoms with Crippen molar-refractivity contribution < 1.29 is 57.6 Å². The van der Waals surface area contributed by atoms with Crippen molar-refractivity contribution in [1.82, 2.24) is 9.97 Å². The summed E-state index contributed by atoms with van der Waals surface area (Å²) in [5.41, 5.74) is -1.21. The van der Waals surface area contributed by atoms with Crippen molar-refractivity contribution in [3.8, 4) is 11.4 Å². The van der Waals surface area contributed by atoms with E-state index in [-0.39, 0.29) is 39.3 Å². The summed E-state index contributed by atoms with van der Waals surface area (Å²) in [4.78, 5) is 9.89. The molecule has 0 saturated carbocycles. The van der Waals surface area contributed by atoms with Gasteiger partial charge in [0.2, 0.25) is 11.6 Å². The monoisotopic (exact) mass is 700 g/mol. The van der Waals surface area contributed by atoms with Crippen molar-refractivity contribution in [2.24, 2.45) is 0 Å². The van der Waals surface area contributed by atoms with Crippen LogP contribution in [0, 0.1) is 0 Å². The van der Waals surface area contributed by atoms with E-state index in [1.807, 2.05) is 64.1 Å². The number of ether oxygens (including phenoxy) is 10. The summed E-state index contributed by atoms with van der Waals surface area (Å²) >= 11 is 0. The zero-order chi connectivity index (χ0) is 35.6. The molecule has 0 bridgehead atoms. The number of hydrogen-bond acceptors (Lipinski definition) is 14. The second-order valence-corrected chi connectivity index (χ2v) is 16.1. The average Bonchev–Trinajstić information content (AvgIpc) is 3.74. The Labute approximate surface area is 291 Å². The molecular weight excluding hydrogens is 652 g/mol. The molecule has 2 aromatic heterocycles. The van der Waals surface area contributed by atoms with Crippen LogP contribution >= 0.6 is 0 Å². The minimum absolute atomic E-state index is 0.000635. The molecule has 8 rings (SSSR count). The van der Waals surface area contributed by atoms with Gasteiger partial charge in [-0.2, -0.15) is 0 Å². The van der Waals surface area contributed by atoms with Gasteiger partial charge >= 0.3 is 0 Å². The summed E-state index contributed by atoms with van der Waals surface area (Å²) in [5, 5.41) is 25.2. The summed E-state index contributed by atoms with van der Waals surface area (Å²) in [6.45, 7) is 14.7. The normalized spacial score (nSPS) is 42.2. The lowest BCUT2D eigenvalue weighted by Gasteiger charge is -2.50. The molecule has 2 aromatic rings. The number of aliphatic hydroxyl groups is 2. The maximum absolute atomic E-state index is 12.6. The predicted octanol–water partition coefficient (Wildman–Crippen LogP) is 2.75. The van der Waals surface area contributed by atoms with E-state index < -0.39 is 70.3 Å². The highest BCUT2D eigenvalue weighted by Crippen LogP contribution is 2.52. The van der Waals surface area contributed by atoms with E-state index >= 15 is 0 Å². The fourth-order valence-electron chi connectivity index (χ4n) is 8.32. The SMILES string of the molecule is CC1(C)O[C@@H]2[C@@H](CO[C@]3(COC(C)(C)O3)[C@@]2(O)Cc2cccc(-c3cccc(C[C@@]4(O)[C@@H]5OC(C)(C)O[C@@H]5CO[C@]45COC(C)(C)O5)n3)n2)O1. The average molecular weight is 701 g/mol. The third-order valence-corrected chi connectivity index (χ3v) is 10.4. The maximum Gasteiger partial charge on any atom is 0.227 e. The Morgan fingerprint density at radius 1 is 0.560 bits per heavy atom. The lowest BCUT2D eigenvalue weighted by atomic mass is 9.78. The Morgan fingerprint density at radius 3 is 1.32 bits per heavy atom. The van der Waals surface area contributed by atoms with Crippen molar-refractivity contribution in [1.29, 1.82) is 0 Å². The fraction of sp³-hybridized carbons (Fsp3) is 0.722. The molecule has 6 fully saturated rings. The largest absolute Gasteiger partial charge is 0.381 e. The highest BCUT2D eigenvalue weighted by Gasteiger charge is 2.72. The molecule has 14 heteroatoms. The lowest BCUT2D eigenvalue weighted by molar-refractivity contribution is -0.366. The molecule has 14 nitrogen and oxygen atoms in total. The van der Waals surface area contributed by atoms with Crippen molar-refractivity contribution in [2.75, 3.05) is 26.4 Å². The Hall–Kier alpha value is -2.18. The van der Waals surface area contributed by atoms with Gasteiger partial charge in [-0.3, -0.25) is 9.97 Å². The molecular formula is C36H48N2O12. The van der Waals surface area contributed by atoms with E-state index in [0.717, 1.165) is 0 Å². The first-order valence-electron chi connectivity index (χ1n) is 17.3. The fourth-order valence-corrected chi connectivity index (χ4v) is 8.32. The first kappa shape index (κ1) is 34.9. The van der Waals surface area contributed by atoms with E-state index in [1.165, 1.54) is 0 Å². The minimum Gasteiger partial charge on any atom is -0.381 e. The first-order valence-corrected chi connectivity index (χ1v) is 17.3. The van der Waals surface area contributed by atoms with Crippen LogP contribution in [0.2, 0.25) is 0 Å². The highest BCUT2D eigenvalue weighted by molar-refractivity contribution is 5.54. The number of pyridine rings is 2. The van der Waals surface area contributed by atoms with Gasteiger partial charge in [0.05, 0.1) is 24.6 Å². The van der Waals surface area contributed by atoms with E-state index in [9.17, 15) is 10.2 Å². The first-order chi connectivity index (χ1) is 23.3. The number of nitrogens with zero attached hydrogens (tertiary/aromatic N) is 2. The van der Waals surface area contributed by atoms with Gasteiger partial charge in [-0.1, -0.05) is 12.1 Å². The molecule has 6 aliphatic heterocycles. The van der Waals surface area contributed by atoms with E-state index in [4.69, 9.17) is 57.3 Å². The van der Waals surface area contributed by atoms with Crippen LogP contribution in [0.4, 0.5) is 0 Å². The number of aromatic nitrogens is 2. The molecule has 50 heavy (non-hydrogen) atoms. The zero-order valence-electron chi connectivity index (χ0n) is 29.9. The lowest BCUT2D eigenvalue weighted by Crippen LogP contribution is -2.71. The molecule has 0 radical (unpaired) electrons. The summed E-state index contributed by atoms with van der Waals surface area (Å²) in [5.74, 6) is -6.87. The minimum atomic E-state index is -1.72. The van der Waals surface area contributed by atoms with Crippen molar-refractivity contribution >= 4 is 0 Å². The molecule has 6 aliphatic rings. The van der Waals surface area contributed by atoms with Crippen LogP contribution in [0.15, 0.2) is 36.4 Å². The van der Waals surface area contributed by atoms with Gasteiger partial charge in [0, 0.05) is 24.2 Å². The van der Waals surface area contributed by atoms with Crippen LogP contribution in [-0.2, 0) is 60.2 Å². The molecule has 274 valence electrons. The molecule has 0 unspecified atom stereocenters. The smallest absolute Gasteiger partial charge is 0.227 e. The second kappa shape index (κ2) is 11.2. The standard InChI is InChI=1S/C36H48N2O12/c1-29(2)43-19-35(49-29)33(39,27-25(17-41-35)45-31(5,6)47-27)15-21-11-9-13-23(37-21)24-14-10-12-22(38-24)16-34(40)28-26(46-32(7,8)48-28)18-42-36(34)20-44-30(3,4)50-36/h9-14,25-28,39-40H,15-20H2,1-8H3/t25-,26-,27-,28-,33-,34-,35+,36+/m1/s1. The van der Waals surface area contributed by atoms with Gasteiger partial charge in [0.15, 0.2) is 34.4 Å².